The third-order valence-electron chi connectivity index (χ3n) is 3.53. The van der Waals surface area contributed by atoms with Crippen LogP contribution in [0.4, 0.5) is 0 Å². The fourth-order valence-electron chi connectivity index (χ4n) is 2.07. The normalized spacial score (nSPS) is 42.6. The van der Waals surface area contributed by atoms with Crippen molar-refractivity contribution in [3.63, 3.8) is 0 Å². The minimum absolute atomic E-state index is 0.217. The Balaban J connectivity index is 2.84. The van der Waals surface area contributed by atoms with E-state index >= 15 is 0 Å². The van der Waals surface area contributed by atoms with Gasteiger partial charge in [0.2, 0.25) is 0 Å². The van der Waals surface area contributed by atoms with E-state index in [2.05, 4.69) is 33.8 Å². The maximum atomic E-state index is 9.69. The van der Waals surface area contributed by atoms with Gasteiger partial charge in [0.1, 0.15) is 0 Å². The van der Waals surface area contributed by atoms with Crippen molar-refractivity contribution in [3.05, 3.63) is 11.6 Å². The van der Waals surface area contributed by atoms with E-state index in [9.17, 15) is 5.11 Å². The highest BCUT2D eigenvalue weighted by molar-refractivity contribution is 5.14. The number of hydrogen-bond donors (Lipinski definition) is 1. The molecule has 1 aliphatic rings. The third-order valence-corrected chi connectivity index (χ3v) is 3.53. The number of hydrogen-bond acceptors (Lipinski definition) is 1. The second kappa shape index (κ2) is 3.61. The minimum atomic E-state index is -0.217. The lowest BCUT2D eigenvalue weighted by molar-refractivity contribution is 0.0978. The lowest BCUT2D eigenvalue weighted by Crippen LogP contribution is -2.32. The van der Waals surface area contributed by atoms with Crippen molar-refractivity contribution >= 4 is 0 Å². The van der Waals surface area contributed by atoms with Gasteiger partial charge in [0, 0.05) is 0 Å². The molecule has 0 radical (unpaired) electrons. The average molecular weight is 168 g/mol. The molecule has 70 valence electrons. The molecule has 0 spiro atoms. The second-order valence-corrected chi connectivity index (χ2v) is 4.09. The Hall–Kier alpha value is -0.300. The molecular weight excluding hydrogens is 148 g/mol. The molecule has 0 aromatic rings. The van der Waals surface area contributed by atoms with E-state index in [1.54, 1.807) is 0 Å². The third kappa shape index (κ3) is 1.56. The van der Waals surface area contributed by atoms with Crippen LogP contribution in [0.3, 0.4) is 0 Å². The first-order valence-corrected chi connectivity index (χ1v) is 4.96. The molecule has 0 bridgehead atoms. The first-order valence-electron chi connectivity index (χ1n) is 4.96. The number of allylic oxidation sites excluding steroid dienone is 1. The van der Waals surface area contributed by atoms with Gasteiger partial charge in [0.15, 0.2) is 0 Å². The number of rotatable bonds is 1. The molecule has 4 atom stereocenters. The quantitative estimate of drug-likeness (QED) is 0.597. The number of aliphatic hydroxyl groups is 1. The smallest absolute Gasteiger partial charge is 0.0751 e. The van der Waals surface area contributed by atoms with Crippen molar-refractivity contribution in [3.8, 4) is 0 Å². The molecule has 12 heavy (non-hydrogen) atoms. The van der Waals surface area contributed by atoms with Gasteiger partial charge in [-0.15, -0.1) is 0 Å². The summed E-state index contributed by atoms with van der Waals surface area (Å²) >= 11 is 0. The highest BCUT2D eigenvalue weighted by Crippen LogP contribution is 2.35. The maximum absolute atomic E-state index is 9.69. The first-order chi connectivity index (χ1) is 5.57. The summed E-state index contributed by atoms with van der Waals surface area (Å²) in [5.74, 6) is 1.67. The van der Waals surface area contributed by atoms with E-state index in [0.717, 1.165) is 6.42 Å². The van der Waals surface area contributed by atoms with Crippen LogP contribution in [0.25, 0.3) is 0 Å². The Kier molecular flexibility index (Phi) is 2.94. The Morgan fingerprint density at radius 3 is 2.33 bits per heavy atom. The molecule has 1 aliphatic carbocycles. The van der Waals surface area contributed by atoms with Crippen LogP contribution in [0.15, 0.2) is 11.6 Å². The summed E-state index contributed by atoms with van der Waals surface area (Å²) in [4.78, 5) is 0. The van der Waals surface area contributed by atoms with Crippen molar-refractivity contribution in [2.24, 2.45) is 17.8 Å². The zero-order valence-corrected chi connectivity index (χ0v) is 8.54. The molecule has 1 rings (SSSR count). The van der Waals surface area contributed by atoms with Gasteiger partial charge >= 0.3 is 0 Å². The highest BCUT2D eigenvalue weighted by Gasteiger charge is 2.30. The van der Waals surface area contributed by atoms with Crippen LogP contribution in [0.2, 0.25) is 0 Å². The van der Waals surface area contributed by atoms with Gasteiger partial charge in [0.05, 0.1) is 6.10 Å². The first kappa shape index (κ1) is 9.79. The summed E-state index contributed by atoms with van der Waals surface area (Å²) in [6, 6.07) is 0. The van der Waals surface area contributed by atoms with Gasteiger partial charge < -0.3 is 5.11 Å². The largest absolute Gasteiger partial charge is 0.389 e. The molecule has 0 saturated carbocycles. The molecule has 1 N–H and O–H groups in total. The summed E-state index contributed by atoms with van der Waals surface area (Å²) in [6.45, 7) is 8.80. The molecular formula is C11H20O. The van der Waals surface area contributed by atoms with Crippen LogP contribution in [0, 0.1) is 17.8 Å². The van der Waals surface area contributed by atoms with Gasteiger partial charge in [-0.05, 0) is 24.2 Å². The predicted octanol–water partition coefficient (Wildman–Crippen LogP) is 2.61. The van der Waals surface area contributed by atoms with Crippen LogP contribution in [-0.2, 0) is 0 Å². The standard InChI is InChI=1S/C11H20O/c1-5-10-6-11(12)9(4)7(2)8(10)3/h6-9,11-12H,5H2,1-4H3/t7-,8-,9+,11-/m0/s1. The van der Waals surface area contributed by atoms with E-state index in [1.807, 2.05) is 0 Å². The Labute approximate surface area is 75.5 Å². The molecule has 1 heteroatoms. The van der Waals surface area contributed by atoms with Crippen molar-refractivity contribution in [1.29, 1.82) is 0 Å². The second-order valence-electron chi connectivity index (χ2n) is 4.09. The molecule has 0 saturated heterocycles. The number of aliphatic hydroxyl groups excluding tert-OH is 1. The van der Waals surface area contributed by atoms with E-state index < -0.39 is 0 Å². The summed E-state index contributed by atoms with van der Waals surface area (Å²) < 4.78 is 0. The van der Waals surface area contributed by atoms with Crippen LogP contribution in [-0.4, -0.2) is 11.2 Å². The van der Waals surface area contributed by atoms with E-state index in [1.165, 1.54) is 5.57 Å². The van der Waals surface area contributed by atoms with Gasteiger partial charge in [-0.3, -0.25) is 0 Å². The Morgan fingerprint density at radius 2 is 1.83 bits per heavy atom. The van der Waals surface area contributed by atoms with Crippen LogP contribution < -0.4 is 0 Å². The molecule has 1 nitrogen and oxygen atoms in total. The summed E-state index contributed by atoms with van der Waals surface area (Å²) in [5.41, 5.74) is 1.42. The van der Waals surface area contributed by atoms with E-state index in [-0.39, 0.29) is 6.10 Å². The molecule has 0 fully saturated rings. The van der Waals surface area contributed by atoms with Gasteiger partial charge in [-0.1, -0.05) is 39.3 Å². The topological polar surface area (TPSA) is 20.2 Å². The Morgan fingerprint density at radius 1 is 1.25 bits per heavy atom. The highest BCUT2D eigenvalue weighted by atomic mass is 16.3. The lowest BCUT2D eigenvalue weighted by atomic mass is 9.72. The van der Waals surface area contributed by atoms with Crippen LogP contribution in [0.1, 0.15) is 34.1 Å². The summed E-state index contributed by atoms with van der Waals surface area (Å²) in [7, 11) is 0. The van der Waals surface area contributed by atoms with Crippen LogP contribution in [0.5, 0.6) is 0 Å². The van der Waals surface area contributed by atoms with Crippen LogP contribution >= 0.6 is 0 Å². The predicted molar refractivity (Wildman–Crippen MR) is 51.9 cm³/mol. The van der Waals surface area contributed by atoms with Gasteiger partial charge in [0.25, 0.3) is 0 Å². The van der Waals surface area contributed by atoms with Crippen molar-refractivity contribution < 1.29 is 5.11 Å². The molecule has 0 amide bonds. The fraction of sp³-hybridized carbons (Fsp3) is 0.818. The van der Waals surface area contributed by atoms with E-state index in [4.69, 9.17) is 0 Å². The van der Waals surface area contributed by atoms with Gasteiger partial charge in [-0.25, -0.2) is 0 Å². The SMILES string of the molecule is CCC1=C[C@H](O)[C@H](C)[C@@H](C)[C@@H]1C. The monoisotopic (exact) mass is 168 g/mol. The fourth-order valence-corrected chi connectivity index (χ4v) is 2.07. The molecule has 0 aromatic heterocycles. The zero-order valence-electron chi connectivity index (χ0n) is 8.54. The summed E-state index contributed by atoms with van der Waals surface area (Å²) in [6.07, 6.45) is 2.91. The van der Waals surface area contributed by atoms with Crippen molar-refractivity contribution in [2.75, 3.05) is 0 Å². The average Bonchev–Trinajstić information content (AvgIpc) is 2.08. The molecule has 0 heterocycles. The lowest BCUT2D eigenvalue weighted by Gasteiger charge is -2.35. The molecule has 0 aliphatic heterocycles. The van der Waals surface area contributed by atoms with Gasteiger partial charge in [-0.2, -0.15) is 0 Å². The molecule has 0 aromatic carbocycles. The van der Waals surface area contributed by atoms with Crippen molar-refractivity contribution in [1.82, 2.24) is 0 Å². The summed E-state index contributed by atoms with van der Waals surface area (Å²) in [5, 5.41) is 9.69. The molecule has 0 unspecified atom stereocenters. The van der Waals surface area contributed by atoms with Crippen molar-refractivity contribution in [2.45, 2.75) is 40.2 Å². The maximum Gasteiger partial charge on any atom is 0.0751 e. The Bertz CT molecular complexity index is 183. The van der Waals surface area contributed by atoms with E-state index in [0.29, 0.717) is 17.8 Å². The zero-order chi connectivity index (χ0) is 9.30. The minimum Gasteiger partial charge on any atom is -0.389 e.